The van der Waals surface area contributed by atoms with Crippen LogP contribution in [0.2, 0.25) is 0 Å². The van der Waals surface area contributed by atoms with Crippen molar-refractivity contribution in [3.05, 3.63) is 77.4 Å². The summed E-state index contributed by atoms with van der Waals surface area (Å²) in [5.41, 5.74) is -0.101. The molecule has 13 nitrogen and oxygen atoms in total. The lowest BCUT2D eigenvalue weighted by atomic mass is 9.79. The fourth-order valence-electron chi connectivity index (χ4n) is 8.58. The van der Waals surface area contributed by atoms with Gasteiger partial charge in [-0.2, -0.15) is 18.3 Å². The highest BCUT2D eigenvalue weighted by atomic mass is 19.4. The predicted octanol–water partition coefficient (Wildman–Crippen LogP) is 5.52. The number of aromatic nitrogens is 2. The Labute approximate surface area is 326 Å². The van der Waals surface area contributed by atoms with Crippen molar-refractivity contribution in [3.63, 3.8) is 0 Å². The molecule has 3 aromatic rings. The van der Waals surface area contributed by atoms with Crippen LogP contribution in [0, 0.1) is 23.6 Å². The van der Waals surface area contributed by atoms with Gasteiger partial charge >= 0.3 is 12.3 Å². The molecule has 57 heavy (non-hydrogen) atoms. The summed E-state index contributed by atoms with van der Waals surface area (Å²) in [5.74, 6) is -2.32. The summed E-state index contributed by atoms with van der Waals surface area (Å²) in [7, 11) is 1.61. The van der Waals surface area contributed by atoms with E-state index < -0.39 is 72.7 Å². The van der Waals surface area contributed by atoms with Crippen molar-refractivity contribution in [1.29, 1.82) is 0 Å². The van der Waals surface area contributed by atoms with Gasteiger partial charge in [-0.05, 0) is 61.1 Å². The van der Waals surface area contributed by atoms with Crippen LogP contribution in [0.15, 0.2) is 54.7 Å². The molecule has 2 aromatic carbocycles. The Hall–Kier alpha value is -5.19. The second-order valence-electron chi connectivity index (χ2n) is 15.8. The Bertz CT molecular complexity index is 2000. The van der Waals surface area contributed by atoms with Gasteiger partial charge in [-0.1, -0.05) is 30.3 Å². The van der Waals surface area contributed by atoms with Gasteiger partial charge in [-0.15, -0.1) is 0 Å². The number of anilines is 1. The fraction of sp³-hybridized carbons (Fsp3) is 0.525. The molecule has 4 heterocycles. The van der Waals surface area contributed by atoms with Crippen LogP contribution >= 0.6 is 0 Å². The highest BCUT2D eigenvalue weighted by Gasteiger charge is 2.52. The molecular weight excluding hydrogens is 752 g/mol. The van der Waals surface area contributed by atoms with Crippen LogP contribution in [0.4, 0.5) is 28.0 Å². The summed E-state index contributed by atoms with van der Waals surface area (Å²) < 4.78 is 76.4. The Morgan fingerprint density at radius 3 is 2.37 bits per heavy atom. The Kier molecular flexibility index (Phi) is 10.4. The van der Waals surface area contributed by atoms with Crippen LogP contribution in [-0.2, 0) is 32.7 Å². The Morgan fingerprint density at radius 1 is 1.04 bits per heavy atom. The average molecular weight is 797 g/mol. The maximum Gasteiger partial charge on any atom is 0.416 e. The summed E-state index contributed by atoms with van der Waals surface area (Å²) in [5, 5.41) is 9.65. The number of aryl methyl sites for hydroxylation is 1. The fourth-order valence-corrected chi connectivity index (χ4v) is 8.58. The lowest BCUT2D eigenvalue weighted by molar-refractivity contribution is -0.238. The quantitative estimate of drug-likeness (QED) is 0.256. The van der Waals surface area contributed by atoms with Crippen LogP contribution < -0.4 is 15.4 Å². The zero-order valence-electron chi connectivity index (χ0n) is 31.3. The molecule has 4 amide bonds. The van der Waals surface area contributed by atoms with Gasteiger partial charge in [0.1, 0.15) is 42.1 Å². The highest BCUT2D eigenvalue weighted by Crippen LogP contribution is 2.52. The first-order valence-corrected chi connectivity index (χ1v) is 19.3. The maximum atomic E-state index is 16.2. The maximum absolute atomic E-state index is 16.2. The van der Waals surface area contributed by atoms with E-state index in [-0.39, 0.29) is 79.4 Å². The van der Waals surface area contributed by atoms with E-state index in [4.69, 9.17) is 14.2 Å². The van der Waals surface area contributed by atoms with E-state index in [0.717, 1.165) is 42.2 Å². The number of carbonyl (C=O) groups is 4. The van der Waals surface area contributed by atoms with E-state index in [9.17, 15) is 32.3 Å². The van der Waals surface area contributed by atoms with Gasteiger partial charge in [-0.25, -0.2) is 9.18 Å². The van der Waals surface area contributed by atoms with Crippen LogP contribution in [-0.4, -0.2) is 93.6 Å². The number of rotatable bonds is 10. The number of nitrogens with zero attached hydrogens (tertiary/aromatic N) is 4. The predicted molar refractivity (Wildman–Crippen MR) is 194 cm³/mol. The van der Waals surface area contributed by atoms with Crippen LogP contribution in [0.5, 0.6) is 5.75 Å². The smallest absolute Gasteiger partial charge is 0.416 e. The lowest BCUT2D eigenvalue weighted by Gasteiger charge is -2.50. The summed E-state index contributed by atoms with van der Waals surface area (Å²) in [6.07, 6.45) is -1.92. The Morgan fingerprint density at radius 2 is 1.74 bits per heavy atom. The molecule has 304 valence electrons. The largest absolute Gasteiger partial charge is 0.487 e. The molecule has 1 aromatic heterocycles. The number of amides is 4. The third kappa shape index (κ3) is 8.29. The number of alkyl halides is 3. The van der Waals surface area contributed by atoms with E-state index in [1.54, 1.807) is 7.05 Å². The molecule has 2 saturated carbocycles. The van der Waals surface area contributed by atoms with Gasteiger partial charge < -0.3 is 34.6 Å². The van der Waals surface area contributed by atoms with Crippen molar-refractivity contribution >= 4 is 29.5 Å². The number of piperidine rings is 1. The molecule has 2 N–H and O–H groups in total. The van der Waals surface area contributed by atoms with E-state index in [1.807, 2.05) is 30.3 Å². The SMILES string of the molecule is Cn1nccc1C(=O)N[C@H](C(=O)Nc1cc2c(cc1F)C(N1CC(C(F)(F)F)OCC1=O)CC1(CCN(C(=O)OCc3ccccc3)CC1)O2)C(C1CC1)C1CC1. The molecular formula is C40H44F4N6O7. The van der Waals surface area contributed by atoms with Crippen molar-refractivity contribution in [3.8, 4) is 5.75 Å². The zero-order chi connectivity index (χ0) is 40.1. The summed E-state index contributed by atoms with van der Waals surface area (Å²) in [4.78, 5) is 56.5. The summed E-state index contributed by atoms with van der Waals surface area (Å²) in [6, 6.07) is 11.1. The molecule has 0 bridgehead atoms. The molecule has 0 radical (unpaired) electrons. The molecule has 1 spiro atoms. The summed E-state index contributed by atoms with van der Waals surface area (Å²) >= 11 is 0. The molecule has 2 saturated heterocycles. The second-order valence-corrected chi connectivity index (χ2v) is 15.8. The molecule has 3 atom stereocenters. The lowest BCUT2D eigenvalue weighted by Crippen LogP contribution is -2.57. The number of halogens is 4. The first-order valence-electron chi connectivity index (χ1n) is 19.3. The topological polar surface area (TPSA) is 144 Å². The van der Waals surface area contributed by atoms with Gasteiger partial charge in [-0.3, -0.25) is 19.1 Å². The third-order valence-corrected chi connectivity index (χ3v) is 11.9. The third-order valence-electron chi connectivity index (χ3n) is 11.9. The van der Waals surface area contributed by atoms with Gasteiger partial charge in [0.15, 0.2) is 6.10 Å². The molecule has 2 aliphatic carbocycles. The molecule has 2 unspecified atom stereocenters. The number of ether oxygens (including phenoxy) is 3. The second kappa shape index (κ2) is 15.3. The molecule has 3 aliphatic heterocycles. The number of fused-ring (bicyclic) bond motifs is 1. The zero-order valence-corrected chi connectivity index (χ0v) is 31.3. The number of likely N-dealkylation sites (tertiary alicyclic amines) is 1. The number of benzene rings is 2. The van der Waals surface area contributed by atoms with E-state index >= 15 is 4.39 Å². The number of hydrogen-bond acceptors (Lipinski definition) is 8. The van der Waals surface area contributed by atoms with E-state index in [1.165, 1.54) is 27.9 Å². The molecule has 8 rings (SSSR count). The number of hydrogen-bond donors (Lipinski definition) is 2. The van der Waals surface area contributed by atoms with Crippen LogP contribution in [0.1, 0.15) is 72.6 Å². The van der Waals surface area contributed by atoms with Crippen molar-refractivity contribution in [2.45, 2.75) is 81.5 Å². The van der Waals surface area contributed by atoms with Crippen molar-refractivity contribution in [2.24, 2.45) is 24.8 Å². The normalized spacial score (nSPS) is 22.5. The minimum absolute atomic E-state index is 0.0287. The molecule has 17 heteroatoms. The van der Waals surface area contributed by atoms with Crippen molar-refractivity contribution in [2.75, 3.05) is 31.6 Å². The first-order chi connectivity index (χ1) is 27.3. The van der Waals surface area contributed by atoms with Gasteiger partial charge in [0.05, 0.1) is 18.3 Å². The van der Waals surface area contributed by atoms with Crippen molar-refractivity contribution < 1.29 is 51.0 Å². The van der Waals surface area contributed by atoms with Gasteiger partial charge in [0, 0.05) is 57.2 Å². The summed E-state index contributed by atoms with van der Waals surface area (Å²) in [6.45, 7) is -1.17. The number of nitrogens with one attached hydrogen (secondary N) is 2. The van der Waals surface area contributed by atoms with Crippen LogP contribution in [0.3, 0.4) is 0 Å². The molecule has 4 fully saturated rings. The van der Waals surface area contributed by atoms with E-state index in [0.29, 0.717) is 0 Å². The van der Waals surface area contributed by atoms with Crippen molar-refractivity contribution in [1.82, 2.24) is 24.9 Å². The highest BCUT2D eigenvalue weighted by molar-refractivity contribution is 6.01. The van der Waals surface area contributed by atoms with E-state index in [2.05, 4.69) is 15.7 Å². The molecule has 5 aliphatic rings. The number of morpholine rings is 1. The van der Waals surface area contributed by atoms with Crippen LogP contribution in [0.25, 0.3) is 0 Å². The number of carbonyl (C=O) groups excluding carboxylic acids is 4. The standard InChI is InChI=1S/C40H44F4N6O7/c1-48-29(11-14-45-48)36(52)47-35(34(24-7-8-24)25-9-10-25)37(53)46-28-18-31-26(17-27(28)41)30(50-20-32(40(42,43)44)55-22-33(50)51)19-39(57-31)12-15-49(16-13-39)38(54)56-21-23-5-3-2-4-6-23/h2-6,11,14,17-18,24-25,30,32,34-35H,7-10,12-13,15-16,19-22H2,1H3,(H,46,53)(H,47,52)/t30?,32?,35-/m0/s1. The van der Waals surface area contributed by atoms with Gasteiger partial charge in [0.2, 0.25) is 11.8 Å². The van der Waals surface area contributed by atoms with Gasteiger partial charge in [0.25, 0.3) is 5.91 Å². The minimum atomic E-state index is -4.75. The average Bonchev–Trinajstić information content (AvgIpc) is 4.14. The monoisotopic (exact) mass is 796 g/mol. The Balaban J connectivity index is 1.06. The first kappa shape index (κ1) is 38.7. The minimum Gasteiger partial charge on any atom is -0.487 e.